The van der Waals surface area contributed by atoms with Crippen molar-refractivity contribution in [2.75, 3.05) is 44.7 Å². The normalized spacial score (nSPS) is 19.6. The number of nitrogens with zero attached hydrogens (tertiary/aromatic N) is 6. The molecule has 2 aromatic carbocycles. The zero-order chi connectivity index (χ0) is 45.4. The van der Waals surface area contributed by atoms with Gasteiger partial charge in [-0.2, -0.15) is 5.10 Å². The Hall–Kier alpha value is -4.68. The molecule has 344 valence electrons. The number of aryl methyl sites for hydroxylation is 1. The van der Waals surface area contributed by atoms with E-state index in [0.717, 1.165) is 94.0 Å². The third-order valence-electron chi connectivity index (χ3n) is 12.2. The number of nitrogens with one attached hydrogen (secondary N) is 3. The molecule has 4 fully saturated rings. The number of hydrogen-bond acceptors (Lipinski definition) is 10. The molecule has 2 saturated heterocycles. The number of aromatic nitrogens is 2. The quantitative estimate of drug-likeness (QED) is 0.0805. The first kappa shape index (κ1) is 49.3. The average Bonchev–Trinajstić information content (AvgIpc) is 4.00. The van der Waals surface area contributed by atoms with Crippen LogP contribution in [0.1, 0.15) is 114 Å². The fourth-order valence-electron chi connectivity index (χ4n) is 8.49. The molecule has 4 heterocycles. The van der Waals surface area contributed by atoms with Gasteiger partial charge in [0.2, 0.25) is 18.2 Å². The molecule has 17 heteroatoms. The number of halogens is 1. The van der Waals surface area contributed by atoms with E-state index in [0.29, 0.717) is 41.0 Å². The minimum atomic E-state index is -1.24. The molecule has 0 radical (unpaired) electrons. The van der Waals surface area contributed by atoms with Crippen molar-refractivity contribution in [3.05, 3.63) is 64.7 Å². The predicted octanol–water partition coefficient (Wildman–Crippen LogP) is 5.81. The number of fused-ring (bicyclic) bond motifs is 1. The second-order valence-electron chi connectivity index (χ2n) is 16.4. The van der Waals surface area contributed by atoms with Crippen molar-refractivity contribution >= 4 is 58.9 Å². The van der Waals surface area contributed by atoms with Gasteiger partial charge >= 0.3 is 0 Å². The maximum atomic E-state index is 14.7. The molecule has 1 unspecified atom stereocenters. The summed E-state index contributed by atoms with van der Waals surface area (Å²) in [4.78, 5) is 44.8. The molecule has 15 nitrogen and oxygen atoms in total. The van der Waals surface area contributed by atoms with Crippen LogP contribution in [-0.2, 0) is 39.0 Å². The van der Waals surface area contributed by atoms with E-state index in [1.165, 1.54) is 37.3 Å². The maximum Gasteiger partial charge on any atom is 0.236 e. The highest BCUT2D eigenvalue weighted by Crippen LogP contribution is 2.55. The van der Waals surface area contributed by atoms with Gasteiger partial charge < -0.3 is 26.8 Å². The Labute approximate surface area is 373 Å². The SMILES string of the molecule is C=NC1=C(/C=N\CN)C2(CC2)C(=O)N1.CC.Cn1nc(NC(=O)CCNC=O)c2ccc(C3CCN(Cc4cc(S(=O)N5CCCCC5)ccc4F)CC3)cc21.OC1CCCCC1. The number of carbonyl (C=O) groups excluding carboxylic acids is 3. The summed E-state index contributed by atoms with van der Waals surface area (Å²) in [7, 11) is 0.620. The van der Waals surface area contributed by atoms with Crippen LogP contribution in [-0.4, -0.2) is 105 Å². The Morgan fingerprint density at radius 3 is 2.37 bits per heavy atom. The van der Waals surface area contributed by atoms with Gasteiger partial charge in [-0.25, -0.2) is 17.9 Å². The molecular weight excluding hydrogens is 824 g/mol. The summed E-state index contributed by atoms with van der Waals surface area (Å²) in [6.07, 6.45) is 15.2. The highest BCUT2D eigenvalue weighted by Gasteiger charge is 2.57. The lowest BCUT2D eigenvalue weighted by molar-refractivity contribution is -0.123. The lowest BCUT2D eigenvalue weighted by Gasteiger charge is -2.32. The summed E-state index contributed by atoms with van der Waals surface area (Å²) in [6, 6.07) is 11.2. The third-order valence-corrected chi connectivity index (χ3v) is 13.7. The zero-order valence-electron chi connectivity index (χ0n) is 37.2. The van der Waals surface area contributed by atoms with Gasteiger partial charge in [0.1, 0.15) is 22.6 Å². The number of aliphatic imine (C=N–C) groups is 2. The number of nitrogens with two attached hydrogens (primary N) is 1. The van der Waals surface area contributed by atoms with Crippen molar-refractivity contribution in [2.45, 2.75) is 121 Å². The first-order valence-electron chi connectivity index (χ1n) is 22.6. The van der Waals surface area contributed by atoms with Gasteiger partial charge in [-0.05, 0) is 113 Å². The molecule has 2 aliphatic carbocycles. The van der Waals surface area contributed by atoms with Gasteiger partial charge in [0.15, 0.2) is 5.82 Å². The number of aliphatic hydroxyl groups excluding tert-OH is 1. The lowest BCUT2D eigenvalue weighted by atomic mass is 9.89. The standard InChI is InChI=1S/C29H37FN6O3S.C9H12N4O.C6H12O.C2H6/c1-34-27-18-22(5-7-25(27)29(33-34)32-28(38)9-12-31-20-37)21-10-15-35(16-11-21)19-23-17-24(6-8-26(23)30)40(39)36-13-3-2-4-14-36;1-11-7-6(4-12-5-10)9(2-3-9)8(14)13-7;7-6-4-2-1-3-5-6;1-2/h5-8,17-18,20-21H,2-4,9-16,19H2,1H3,(H,31,37)(H,32,33,38);4H,1-3,5,10H2,(H,13,14);6-7H,1-5H2;1-2H3/b;12-4-;;. The Kier molecular flexibility index (Phi) is 19.1. The monoisotopic (exact) mass is 891 g/mol. The van der Waals surface area contributed by atoms with Crippen LogP contribution in [0.4, 0.5) is 10.2 Å². The summed E-state index contributed by atoms with van der Waals surface area (Å²) in [5.41, 5.74) is 8.52. The molecule has 1 aromatic heterocycles. The molecule has 0 bridgehead atoms. The Bertz CT molecular complexity index is 2100. The Morgan fingerprint density at radius 2 is 1.75 bits per heavy atom. The van der Waals surface area contributed by atoms with Crippen molar-refractivity contribution in [3.8, 4) is 0 Å². The van der Waals surface area contributed by atoms with E-state index in [9.17, 15) is 23.0 Å². The Balaban J connectivity index is 0.000000264. The number of carbonyl (C=O) groups is 3. The highest BCUT2D eigenvalue weighted by molar-refractivity contribution is 7.82. The first-order valence-corrected chi connectivity index (χ1v) is 23.7. The molecule has 3 aromatic rings. The van der Waals surface area contributed by atoms with Crippen molar-refractivity contribution in [1.82, 2.24) is 29.6 Å². The summed E-state index contributed by atoms with van der Waals surface area (Å²) in [5.74, 6) is 0.992. The van der Waals surface area contributed by atoms with Crippen LogP contribution in [0.15, 0.2) is 62.7 Å². The molecule has 2 saturated carbocycles. The van der Waals surface area contributed by atoms with Crippen LogP contribution in [0.5, 0.6) is 0 Å². The summed E-state index contributed by atoms with van der Waals surface area (Å²) < 4.78 is 31.5. The Morgan fingerprint density at radius 1 is 1.05 bits per heavy atom. The third kappa shape index (κ3) is 13.2. The van der Waals surface area contributed by atoms with E-state index in [1.807, 2.05) is 31.3 Å². The summed E-state index contributed by atoms with van der Waals surface area (Å²) >= 11 is 0. The summed E-state index contributed by atoms with van der Waals surface area (Å²) in [5, 5.41) is 22.3. The maximum absolute atomic E-state index is 14.7. The fourth-order valence-corrected chi connectivity index (χ4v) is 9.80. The van der Waals surface area contributed by atoms with Crippen LogP contribution >= 0.6 is 0 Å². The number of piperidine rings is 2. The summed E-state index contributed by atoms with van der Waals surface area (Å²) in [6.45, 7) is 11.8. The molecule has 6 N–H and O–H groups in total. The smallest absolute Gasteiger partial charge is 0.236 e. The first-order chi connectivity index (χ1) is 30.6. The van der Waals surface area contributed by atoms with Gasteiger partial charge in [0.05, 0.1) is 28.6 Å². The largest absolute Gasteiger partial charge is 0.393 e. The number of anilines is 1. The van der Waals surface area contributed by atoms with Gasteiger partial charge in [-0.3, -0.25) is 29.0 Å². The van der Waals surface area contributed by atoms with Gasteiger partial charge in [-0.1, -0.05) is 45.6 Å². The number of benzene rings is 2. The molecule has 5 aliphatic rings. The number of hydrogen-bond donors (Lipinski definition) is 5. The zero-order valence-corrected chi connectivity index (χ0v) is 38.1. The topological polar surface area (TPSA) is 200 Å². The van der Waals surface area contributed by atoms with E-state index in [-0.39, 0.29) is 48.8 Å². The fraction of sp³-hybridized carbons (Fsp3) is 0.565. The van der Waals surface area contributed by atoms with Crippen molar-refractivity contribution < 1.29 is 28.1 Å². The van der Waals surface area contributed by atoms with E-state index in [4.69, 9.17) is 10.8 Å². The molecule has 1 atom stereocenters. The van der Waals surface area contributed by atoms with E-state index >= 15 is 0 Å². The number of aliphatic hydroxyl groups is 1. The highest BCUT2D eigenvalue weighted by atomic mass is 32.2. The lowest BCUT2D eigenvalue weighted by Crippen LogP contribution is -2.33. The van der Waals surface area contributed by atoms with E-state index in [1.54, 1.807) is 23.0 Å². The van der Waals surface area contributed by atoms with Crippen molar-refractivity contribution in [2.24, 2.45) is 28.2 Å². The molecule has 3 aliphatic heterocycles. The van der Waals surface area contributed by atoms with E-state index in [2.05, 4.69) is 54.8 Å². The predicted molar refractivity (Wildman–Crippen MR) is 248 cm³/mol. The van der Waals surface area contributed by atoms with Gasteiger partial charge in [-0.15, -0.1) is 0 Å². The minimum absolute atomic E-state index is 0.0124. The van der Waals surface area contributed by atoms with Crippen LogP contribution in [0.3, 0.4) is 0 Å². The van der Waals surface area contributed by atoms with E-state index < -0.39 is 11.0 Å². The second kappa shape index (κ2) is 24.4. The van der Waals surface area contributed by atoms with Gasteiger partial charge in [0, 0.05) is 62.4 Å². The minimum Gasteiger partial charge on any atom is -0.393 e. The number of rotatable bonds is 13. The molecular formula is C46H67FN10O5S. The average molecular weight is 891 g/mol. The second-order valence-corrected chi connectivity index (χ2v) is 17.9. The molecule has 8 rings (SSSR count). The van der Waals surface area contributed by atoms with Crippen LogP contribution in [0.25, 0.3) is 10.9 Å². The molecule has 1 spiro atoms. The van der Waals surface area contributed by atoms with Crippen LogP contribution in [0.2, 0.25) is 0 Å². The van der Waals surface area contributed by atoms with Crippen LogP contribution < -0.4 is 21.7 Å². The van der Waals surface area contributed by atoms with Crippen LogP contribution in [0, 0.1) is 11.2 Å². The number of amides is 3. The molecule has 63 heavy (non-hydrogen) atoms. The van der Waals surface area contributed by atoms with Crippen molar-refractivity contribution in [1.29, 1.82) is 0 Å². The molecule has 3 amide bonds. The number of likely N-dealkylation sites (tertiary alicyclic amines) is 1. The van der Waals surface area contributed by atoms with Gasteiger partial charge in [0.25, 0.3) is 0 Å². The van der Waals surface area contributed by atoms with Crippen molar-refractivity contribution in [3.63, 3.8) is 0 Å².